The van der Waals surface area contributed by atoms with E-state index in [4.69, 9.17) is 4.74 Å². The zero-order valence-electron chi connectivity index (χ0n) is 10.4. The van der Waals surface area contributed by atoms with Crippen LogP contribution in [0.1, 0.15) is 13.8 Å². The van der Waals surface area contributed by atoms with Gasteiger partial charge in [0.2, 0.25) is 0 Å². The first kappa shape index (κ1) is 12.9. The van der Waals surface area contributed by atoms with Gasteiger partial charge in [-0.3, -0.25) is 4.90 Å². The van der Waals surface area contributed by atoms with E-state index in [2.05, 4.69) is 16.8 Å². The molecule has 15 heavy (non-hydrogen) atoms. The lowest BCUT2D eigenvalue weighted by Crippen LogP contribution is -2.51. The van der Waals surface area contributed by atoms with Crippen molar-refractivity contribution >= 4 is 0 Å². The number of rotatable bonds is 4. The predicted octanol–water partition coefficient (Wildman–Crippen LogP) is 0.0197. The van der Waals surface area contributed by atoms with Crippen molar-refractivity contribution in [3.05, 3.63) is 0 Å². The Bertz CT molecular complexity index is 197. The van der Waals surface area contributed by atoms with Crippen molar-refractivity contribution in [2.24, 2.45) is 0 Å². The summed E-state index contributed by atoms with van der Waals surface area (Å²) in [5, 5.41) is 9.25. The molecule has 0 aromatic carbocycles. The largest absolute Gasteiger partial charge is 0.394 e. The van der Waals surface area contributed by atoms with Crippen LogP contribution in [-0.2, 0) is 4.74 Å². The quantitative estimate of drug-likeness (QED) is 0.719. The molecule has 0 spiro atoms. The summed E-state index contributed by atoms with van der Waals surface area (Å²) in [7, 11) is 4.15. The van der Waals surface area contributed by atoms with E-state index < -0.39 is 0 Å². The normalized spacial score (nSPS) is 24.8. The number of likely N-dealkylation sites (N-methyl/N-ethyl adjacent to an activating group) is 2. The summed E-state index contributed by atoms with van der Waals surface area (Å²) in [5.74, 6) is 0. The maximum Gasteiger partial charge on any atom is 0.0829 e. The van der Waals surface area contributed by atoms with E-state index in [0.717, 1.165) is 26.2 Å². The Morgan fingerprint density at radius 2 is 2.20 bits per heavy atom. The Hall–Kier alpha value is -0.160. The highest BCUT2D eigenvalue weighted by Gasteiger charge is 2.27. The summed E-state index contributed by atoms with van der Waals surface area (Å²) >= 11 is 0. The molecule has 1 N–H and O–H groups in total. The minimum Gasteiger partial charge on any atom is -0.394 e. The van der Waals surface area contributed by atoms with Crippen LogP contribution in [0, 0.1) is 0 Å². The topological polar surface area (TPSA) is 35.9 Å². The molecule has 0 aliphatic carbocycles. The van der Waals surface area contributed by atoms with Gasteiger partial charge in [0, 0.05) is 25.2 Å². The number of nitrogens with zero attached hydrogens (tertiary/aromatic N) is 2. The number of aliphatic hydroxyl groups is 1. The average Bonchev–Trinajstić information content (AvgIpc) is 2.17. The van der Waals surface area contributed by atoms with Crippen LogP contribution in [0.25, 0.3) is 0 Å². The highest BCUT2D eigenvalue weighted by Crippen LogP contribution is 2.13. The fourth-order valence-electron chi connectivity index (χ4n) is 1.65. The molecule has 1 heterocycles. The van der Waals surface area contributed by atoms with E-state index in [1.54, 1.807) is 0 Å². The Kier molecular flexibility index (Phi) is 4.52. The van der Waals surface area contributed by atoms with Crippen molar-refractivity contribution in [1.82, 2.24) is 9.80 Å². The lowest BCUT2D eigenvalue weighted by Gasteiger charge is -2.38. The van der Waals surface area contributed by atoms with Crippen molar-refractivity contribution in [2.75, 3.05) is 46.9 Å². The Morgan fingerprint density at radius 3 is 2.73 bits per heavy atom. The SMILES string of the molecule is CN1CCOC(CN(C)C(C)(C)CO)C1. The summed E-state index contributed by atoms with van der Waals surface area (Å²) in [6.45, 7) is 7.94. The first-order valence-electron chi connectivity index (χ1n) is 5.58. The van der Waals surface area contributed by atoms with E-state index >= 15 is 0 Å². The lowest BCUT2D eigenvalue weighted by atomic mass is 10.0. The lowest BCUT2D eigenvalue weighted by molar-refractivity contribution is -0.0501. The standard InChI is InChI=1S/C11H24N2O2/c1-11(2,9-14)13(4)8-10-7-12(3)5-6-15-10/h10,14H,5-9H2,1-4H3. The molecule has 1 fully saturated rings. The van der Waals surface area contributed by atoms with Gasteiger partial charge in [-0.1, -0.05) is 0 Å². The Morgan fingerprint density at radius 1 is 1.53 bits per heavy atom. The molecule has 4 nitrogen and oxygen atoms in total. The third-order valence-electron chi connectivity index (χ3n) is 3.24. The van der Waals surface area contributed by atoms with Crippen LogP contribution < -0.4 is 0 Å². The molecule has 1 aliphatic rings. The third kappa shape index (κ3) is 3.72. The number of ether oxygens (including phenoxy) is 1. The average molecular weight is 216 g/mol. The van der Waals surface area contributed by atoms with Crippen LogP contribution >= 0.6 is 0 Å². The molecule has 0 aromatic heterocycles. The summed E-state index contributed by atoms with van der Waals surface area (Å²) in [6, 6.07) is 0. The van der Waals surface area contributed by atoms with Gasteiger partial charge in [-0.15, -0.1) is 0 Å². The van der Waals surface area contributed by atoms with E-state index in [0.29, 0.717) is 0 Å². The molecule has 0 bridgehead atoms. The van der Waals surface area contributed by atoms with E-state index in [1.165, 1.54) is 0 Å². The summed E-state index contributed by atoms with van der Waals surface area (Å²) < 4.78 is 5.69. The number of aliphatic hydroxyl groups excluding tert-OH is 1. The van der Waals surface area contributed by atoms with Gasteiger partial charge >= 0.3 is 0 Å². The van der Waals surface area contributed by atoms with Gasteiger partial charge in [0.25, 0.3) is 0 Å². The molecule has 1 unspecified atom stereocenters. The second kappa shape index (κ2) is 5.25. The number of hydrogen-bond donors (Lipinski definition) is 1. The Balaban J connectivity index is 2.40. The van der Waals surface area contributed by atoms with Gasteiger partial charge < -0.3 is 14.7 Å². The monoisotopic (exact) mass is 216 g/mol. The van der Waals surface area contributed by atoms with E-state index in [9.17, 15) is 5.11 Å². The van der Waals surface area contributed by atoms with Gasteiger partial charge in [-0.25, -0.2) is 0 Å². The minimum atomic E-state index is -0.167. The number of hydrogen-bond acceptors (Lipinski definition) is 4. The molecule has 0 saturated carbocycles. The highest BCUT2D eigenvalue weighted by atomic mass is 16.5. The smallest absolute Gasteiger partial charge is 0.0829 e. The van der Waals surface area contributed by atoms with Crippen LogP contribution in [-0.4, -0.2) is 73.5 Å². The molecule has 1 rings (SSSR count). The molecule has 1 atom stereocenters. The van der Waals surface area contributed by atoms with Gasteiger partial charge in [0.05, 0.1) is 19.3 Å². The zero-order valence-corrected chi connectivity index (χ0v) is 10.4. The van der Waals surface area contributed by atoms with Crippen LogP contribution in [0.15, 0.2) is 0 Å². The van der Waals surface area contributed by atoms with Gasteiger partial charge in [0.15, 0.2) is 0 Å². The third-order valence-corrected chi connectivity index (χ3v) is 3.24. The second-order valence-corrected chi connectivity index (χ2v) is 5.11. The molecule has 0 aromatic rings. The van der Waals surface area contributed by atoms with Crippen molar-refractivity contribution in [3.63, 3.8) is 0 Å². The van der Waals surface area contributed by atoms with Crippen molar-refractivity contribution < 1.29 is 9.84 Å². The highest BCUT2D eigenvalue weighted by molar-refractivity contribution is 4.81. The van der Waals surface area contributed by atoms with Crippen molar-refractivity contribution in [3.8, 4) is 0 Å². The summed E-state index contributed by atoms with van der Waals surface area (Å²) in [5.41, 5.74) is -0.167. The maximum atomic E-state index is 9.25. The molecular weight excluding hydrogens is 192 g/mol. The zero-order chi connectivity index (χ0) is 11.5. The maximum absolute atomic E-state index is 9.25. The fourth-order valence-corrected chi connectivity index (χ4v) is 1.65. The van der Waals surface area contributed by atoms with Gasteiger partial charge in [0.1, 0.15) is 0 Å². The van der Waals surface area contributed by atoms with Crippen molar-refractivity contribution in [1.29, 1.82) is 0 Å². The molecule has 0 radical (unpaired) electrons. The molecular formula is C11H24N2O2. The predicted molar refractivity (Wildman–Crippen MR) is 61.0 cm³/mol. The number of morpholine rings is 1. The fraction of sp³-hybridized carbons (Fsp3) is 1.00. The van der Waals surface area contributed by atoms with Crippen LogP contribution in [0.2, 0.25) is 0 Å². The first-order chi connectivity index (χ1) is 6.95. The molecule has 4 heteroatoms. The summed E-state index contributed by atoms with van der Waals surface area (Å²) in [4.78, 5) is 4.45. The van der Waals surface area contributed by atoms with Crippen LogP contribution in [0.4, 0.5) is 0 Å². The van der Waals surface area contributed by atoms with Gasteiger partial charge in [-0.2, -0.15) is 0 Å². The van der Waals surface area contributed by atoms with E-state index in [1.807, 2.05) is 20.9 Å². The molecule has 0 amide bonds. The molecule has 1 aliphatic heterocycles. The van der Waals surface area contributed by atoms with Gasteiger partial charge in [-0.05, 0) is 27.9 Å². The molecule has 90 valence electrons. The van der Waals surface area contributed by atoms with E-state index in [-0.39, 0.29) is 18.2 Å². The van der Waals surface area contributed by atoms with Crippen LogP contribution in [0.5, 0.6) is 0 Å². The molecule has 1 saturated heterocycles. The minimum absolute atomic E-state index is 0.167. The van der Waals surface area contributed by atoms with Crippen molar-refractivity contribution in [2.45, 2.75) is 25.5 Å². The Labute approximate surface area is 92.8 Å². The first-order valence-corrected chi connectivity index (χ1v) is 5.58. The summed E-state index contributed by atoms with van der Waals surface area (Å²) in [6.07, 6.45) is 0.263. The van der Waals surface area contributed by atoms with Crippen LogP contribution in [0.3, 0.4) is 0 Å². The second-order valence-electron chi connectivity index (χ2n) is 5.11.